The minimum atomic E-state index is 0.569. The highest BCUT2D eigenvalue weighted by atomic mass is 16.3. The molecule has 0 amide bonds. The van der Waals surface area contributed by atoms with Crippen LogP contribution < -0.4 is 0 Å². The number of furan rings is 1. The normalized spacial score (nSPS) is 11.5. The summed E-state index contributed by atoms with van der Waals surface area (Å²) in [5, 5.41) is 1.89. The summed E-state index contributed by atoms with van der Waals surface area (Å²) in [6, 6.07) is 48.2. The zero-order valence-corrected chi connectivity index (χ0v) is 24.5. The SMILES string of the molecule is c1ccc(-c2nc(-c3ccccc3)nc(-c3cccc4oc5cccc(-c6cccc7nc(-c8ccccc8)oc67)c5c34)n2)cc1. The third-order valence-corrected chi connectivity index (χ3v) is 8.19. The Morgan fingerprint density at radius 1 is 0.348 bits per heavy atom. The van der Waals surface area contributed by atoms with Gasteiger partial charge in [0.25, 0.3) is 0 Å². The molecule has 6 nitrogen and oxygen atoms in total. The summed E-state index contributed by atoms with van der Waals surface area (Å²) in [4.78, 5) is 19.8. The maximum absolute atomic E-state index is 6.48. The largest absolute Gasteiger partial charge is 0.456 e. The van der Waals surface area contributed by atoms with E-state index in [0.717, 1.165) is 66.4 Å². The predicted octanol–water partition coefficient (Wildman–Crippen LogP) is 10.2. The number of aromatic nitrogens is 4. The average Bonchev–Trinajstić information content (AvgIpc) is 3.75. The molecule has 0 radical (unpaired) electrons. The molecule has 0 aliphatic rings. The maximum atomic E-state index is 6.48. The van der Waals surface area contributed by atoms with Crippen molar-refractivity contribution in [2.75, 3.05) is 0 Å². The van der Waals surface area contributed by atoms with Gasteiger partial charge in [-0.05, 0) is 35.9 Å². The molecule has 6 heteroatoms. The van der Waals surface area contributed by atoms with Crippen LogP contribution in [0.3, 0.4) is 0 Å². The van der Waals surface area contributed by atoms with Gasteiger partial charge in [-0.3, -0.25) is 0 Å². The van der Waals surface area contributed by atoms with Crippen LogP contribution in [0.25, 0.3) is 89.8 Å². The Balaban J connectivity index is 1.30. The predicted molar refractivity (Wildman–Crippen MR) is 182 cm³/mol. The third kappa shape index (κ3) is 4.35. The Bertz CT molecular complexity index is 2460. The molecule has 0 bridgehead atoms. The Kier molecular flexibility index (Phi) is 6.03. The lowest BCUT2D eigenvalue weighted by molar-refractivity contribution is 0.621. The first kappa shape index (κ1) is 26.0. The number of hydrogen-bond donors (Lipinski definition) is 0. The highest BCUT2D eigenvalue weighted by Crippen LogP contribution is 2.43. The summed E-state index contributed by atoms with van der Waals surface area (Å²) in [6.45, 7) is 0. The lowest BCUT2D eigenvalue weighted by atomic mass is 9.96. The Morgan fingerprint density at radius 3 is 1.48 bits per heavy atom. The zero-order valence-electron chi connectivity index (χ0n) is 24.5. The number of para-hydroxylation sites is 1. The average molecular weight is 593 g/mol. The van der Waals surface area contributed by atoms with Crippen LogP contribution in [0.4, 0.5) is 0 Å². The second-order valence-corrected chi connectivity index (χ2v) is 11.0. The van der Waals surface area contributed by atoms with Crippen molar-refractivity contribution in [3.63, 3.8) is 0 Å². The number of benzene rings is 6. The highest BCUT2D eigenvalue weighted by Gasteiger charge is 2.22. The van der Waals surface area contributed by atoms with Crippen molar-refractivity contribution in [3.8, 4) is 56.7 Å². The molecular formula is C40H24N4O2. The smallest absolute Gasteiger partial charge is 0.227 e. The van der Waals surface area contributed by atoms with Crippen LogP contribution in [-0.4, -0.2) is 19.9 Å². The molecule has 46 heavy (non-hydrogen) atoms. The van der Waals surface area contributed by atoms with E-state index in [1.165, 1.54) is 0 Å². The van der Waals surface area contributed by atoms with Crippen LogP contribution in [0.1, 0.15) is 0 Å². The van der Waals surface area contributed by atoms with Gasteiger partial charge >= 0.3 is 0 Å². The van der Waals surface area contributed by atoms with E-state index in [9.17, 15) is 0 Å². The van der Waals surface area contributed by atoms with E-state index in [0.29, 0.717) is 23.4 Å². The second kappa shape index (κ2) is 10.6. The summed E-state index contributed by atoms with van der Waals surface area (Å²) < 4.78 is 12.9. The van der Waals surface area contributed by atoms with Crippen LogP contribution in [0, 0.1) is 0 Å². The second-order valence-electron chi connectivity index (χ2n) is 11.0. The molecule has 9 rings (SSSR count). The first-order valence-corrected chi connectivity index (χ1v) is 15.1. The molecule has 0 unspecified atom stereocenters. The molecule has 9 aromatic rings. The molecule has 0 atom stereocenters. The van der Waals surface area contributed by atoms with Gasteiger partial charge in [-0.25, -0.2) is 19.9 Å². The lowest BCUT2D eigenvalue weighted by Crippen LogP contribution is -2.00. The molecule has 0 N–H and O–H groups in total. The molecular weight excluding hydrogens is 568 g/mol. The number of nitrogens with zero attached hydrogens (tertiary/aromatic N) is 4. The number of rotatable bonds is 5. The quantitative estimate of drug-likeness (QED) is 0.198. The molecule has 216 valence electrons. The van der Waals surface area contributed by atoms with E-state index in [2.05, 4.69) is 18.2 Å². The van der Waals surface area contributed by atoms with Crippen molar-refractivity contribution in [2.45, 2.75) is 0 Å². The molecule has 3 aromatic heterocycles. The van der Waals surface area contributed by atoms with Crippen molar-refractivity contribution in [3.05, 3.63) is 146 Å². The molecule has 0 aliphatic heterocycles. The number of hydrogen-bond acceptors (Lipinski definition) is 6. The van der Waals surface area contributed by atoms with E-state index in [1.54, 1.807) is 0 Å². The van der Waals surface area contributed by atoms with Crippen molar-refractivity contribution in [2.24, 2.45) is 0 Å². The fourth-order valence-electron chi connectivity index (χ4n) is 6.07. The summed E-state index contributed by atoms with van der Waals surface area (Å²) in [6.07, 6.45) is 0. The van der Waals surface area contributed by atoms with Crippen molar-refractivity contribution >= 4 is 33.0 Å². The number of oxazole rings is 1. The minimum Gasteiger partial charge on any atom is -0.456 e. The van der Waals surface area contributed by atoms with E-state index in [1.807, 2.05) is 127 Å². The Hall–Kier alpha value is -6.40. The van der Waals surface area contributed by atoms with E-state index in [-0.39, 0.29) is 0 Å². The van der Waals surface area contributed by atoms with Crippen LogP contribution >= 0.6 is 0 Å². The van der Waals surface area contributed by atoms with Crippen molar-refractivity contribution in [1.82, 2.24) is 19.9 Å². The molecule has 0 saturated carbocycles. The van der Waals surface area contributed by atoms with Gasteiger partial charge < -0.3 is 8.83 Å². The van der Waals surface area contributed by atoms with Gasteiger partial charge in [-0.2, -0.15) is 0 Å². The molecule has 6 aromatic carbocycles. The Morgan fingerprint density at radius 2 is 0.848 bits per heavy atom. The molecule has 0 aliphatic carbocycles. The summed E-state index contributed by atoms with van der Waals surface area (Å²) in [5.41, 5.74) is 8.55. The Labute approximate surface area is 263 Å². The van der Waals surface area contributed by atoms with E-state index < -0.39 is 0 Å². The van der Waals surface area contributed by atoms with Gasteiger partial charge in [-0.1, -0.05) is 115 Å². The summed E-state index contributed by atoms with van der Waals surface area (Å²) >= 11 is 0. The van der Waals surface area contributed by atoms with Gasteiger partial charge in [0.2, 0.25) is 5.89 Å². The maximum Gasteiger partial charge on any atom is 0.227 e. The standard InChI is InChI=1S/C40H24N4O2/c1-4-13-25(14-5-1)37-42-38(26-15-6-2-7-16-26)44-39(43-37)30-21-12-24-33-35(30)34-28(19-11-23-32(34)45-33)29-20-10-22-31-36(29)46-40(41-31)27-17-8-3-9-18-27/h1-24H. The number of fused-ring (bicyclic) bond motifs is 4. The molecule has 0 fully saturated rings. The topological polar surface area (TPSA) is 77.8 Å². The van der Waals surface area contributed by atoms with Gasteiger partial charge in [0.05, 0.1) is 0 Å². The molecule has 3 heterocycles. The highest BCUT2D eigenvalue weighted by molar-refractivity contribution is 6.18. The first-order chi connectivity index (χ1) is 22.8. The van der Waals surface area contributed by atoms with E-state index >= 15 is 0 Å². The summed E-state index contributed by atoms with van der Waals surface area (Å²) in [5.74, 6) is 2.36. The monoisotopic (exact) mass is 592 g/mol. The third-order valence-electron chi connectivity index (χ3n) is 8.19. The lowest BCUT2D eigenvalue weighted by Gasteiger charge is -2.10. The minimum absolute atomic E-state index is 0.569. The van der Waals surface area contributed by atoms with E-state index in [4.69, 9.17) is 28.8 Å². The molecule has 0 spiro atoms. The van der Waals surface area contributed by atoms with Crippen LogP contribution in [0.2, 0.25) is 0 Å². The van der Waals surface area contributed by atoms with Crippen LogP contribution in [-0.2, 0) is 0 Å². The van der Waals surface area contributed by atoms with Crippen molar-refractivity contribution in [1.29, 1.82) is 0 Å². The van der Waals surface area contributed by atoms with Crippen LogP contribution in [0.15, 0.2) is 154 Å². The summed E-state index contributed by atoms with van der Waals surface area (Å²) in [7, 11) is 0. The fourth-order valence-corrected chi connectivity index (χ4v) is 6.07. The van der Waals surface area contributed by atoms with Gasteiger partial charge in [-0.15, -0.1) is 0 Å². The molecule has 0 saturated heterocycles. The first-order valence-electron chi connectivity index (χ1n) is 15.1. The van der Waals surface area contributed by atoms with Crippen molar-refractivity contribution < 1.29 is 8.83 Å². The van der Waals surface area contributed by atoms with Crippen LogP contribution in [0.5, 0.6) is 0 Å². The van der Waals surface area contributed by atoms with Gasteiger partial charge in [0.1, 0.15) is 16.7 Å². The van der Waals surface area contributed by atoms with Gasteiger partial charge in [0.15, 0.2) is 23.1 Å². The van der Waals surface area contributed by atoms with Gasteiger partial charge in [0, 0.05) is 38.6 Å². The zero-order chi connectivity index (χ0) is 30.5. The fraction of sp³-hybridized carbons (Fsp3) is 0.